The highest BCUT2D eigenvalue weighted by Gasteiger charge is 2.23. The van der Waals surface area contributed by atoms with Crippen LogP contribution in [0.3, 0.4) is 0 Å². The highest BCUT2D eigenvalue weighted by Crippen LogP contribution is 2.19. The molecule has 1 aliphatic heterocycles. The van der Waals surface area contributed by atoms with Gasteiger partial charge in [-0.05, 0) is 19.8 Å². The van der Waals surface area contributed by atoms with Crippen molar-refractivity contribution in [3.63, 3.8) is 0 Å². The van der Waals surface area contributed by atoms with Gasteiger partial charge in [0.1, 0.15) is 0 Å². The Bertz CT molecular complexity index is 122. The van der Waals surface area contributed by atoms with Crippen molar-refractivity contribution in [3.8, 4) is 0 Å². The summed E-state index contributed by atoms with van der Waals surface area (Å²) in [7, 11) is 0. The minimum atomic E-state index is 0.244. The lowest BCUT2D eigenvalue weighted by molar-refractivity contribution is -0.0157. The Morgan fingerprint density at radius 1 is 1.00 bits per heavy atom. The molecule has 0 N–H and O–H groups in total. The van der Waals surface area contributed by atoms with Gasteiger partial charge in [-0.1, -0.05) is 13.8 Å². The van der Waals surface area contributed by atoms with Crippen LogP contribution in [0.15, 0.2) is 0 Å². The van der Waals surface area contributed by atoms with Gasteiger partial charge in [0.05, 0.1) is 25.4 Å². The molecular formula is C10H20O2. The molecule has 1 saturated heterocycles. The summed E-state index contributed by atoms with van der Waals surface area (Å²) < 4.78 is 11.3. The molecule has 0 saturated carbocycles. The molecule has 2 unspecified atom stereocenters. The van der Waals surface area contributed by atoms with E-state index in [0.29, 0.717) is 11.8 Å². The summed E-state index contributed by atoms with van der Waals surface area (Å²) in [4.78, 5) is 0. The second kappa shape index (κ2) is 4.24. The Morgan fingerprint density at radius 2 is 1.42 bits per heavy atom. The summed E-state index contributed by atoms with van der Waals surface area (Å²) in [5.41, 5.74) is 0. The van der Waals surface area contributed by atoms with Crippen LogP contribution in [-0.2, 0) is 9.47 Å². The topological polar surface area (TPSA) is 18.5 Å². The molecule has 1 rings (SSSR count). The van der Waals surface area contributed by atoms with Gasteiger partial charge < -0.3 is 9.47 Å². The van der Waals surface area contributed by atoms with E-state index in [1.165, 1.54) is 0 Å². The molecule has 72 valence electrons. The van der Waals surface area contributed by atoms with E-state index < -0.39 is 0 Å². The maximum Gasteiger partial charge on any atom is 0.0806 e. The minimum absolute atomic E-state index is 0.244. The third kappa shape index (κ3) is 2.46. The summed E-state index contributed by atoms with van der Waals surface area (Å²) >= 11 is 0. The van der Waals surface area contributed by atoms with Crippen LogP contribution in [0.5, 0.6) is 0 Å². The molecule has 0 aromatic heterocycles. The first-order chi connectivity index (χ1) is 5.61. The average Bonchev–Trinajstić information content (AvgIpc) is 2.16. The van der Waals surface area contributed by atoms with E-state index >= 15 is 0 Å². The standard InChI is InChI=1S/C10H20O2/c1-7(2)10-5-11-8(3)9(4)12-6-10/h7-10H,5-6H2,1-4H3. The van der Waals surface area contributed by atoms with Crippen LogP contribution < -0.4 is 0 Å². The Balaban J connectivity index is 2.44. The van der Waals surface area contributed by atoms with Crippen LogP contribution in [0.2, 0.25) is 0 Å². The van der Waals surface area contributed by atoms with Crippen molar-refractivity contribution in [2.75, 3.05) is 13.2 Å². The summed E-state index contributed by atoms with van der Waals surface area (Å²) in [5.74, 6) is 1.22. The van der Waals surface area contributed by atoms with E-state index in [9.17, 15) is 0 Å². The van der Waals surface area contributed by atoms with Crippen LogP contribution in [0, 0.1) is 11.8 Å². The van der Waals surface area contributed by atoms with Crippen LogP contribution in [0.25, 0.3) is 0 Å². The maximum absolute atomic E-state index is 5.66. The number of hydrogen-bond acceptors (Lipinski definition) is 2. The SMILES string of the molecule is CC(C)C1COC(C)C(C)OC1. The highest BCUT2D eigenvalue weighted by molar-refractivity contribution is 4.70. The number of rotatable bonds is 1. The first-order valence-corrected chi connectivity index (χ1v) is 4.84. The van der Waals surface area contributed by atoms with Gasteiger partial charge >= 0.3 is 0 Å². The van der Waals surface area contributed by atoms with Crippen molar-refractivity contribution in [3.05, 3.63) is 0 Å². The lowest BCUT2D eigenvalue weighted by Gasteiger charge is -2.16. The predicted molar refractivity (Wildman–Crippen MR) is 49.2 cm³/mol. The Labute approximate surface area is 75.2 Å². The normalized spacial score (nSPS) is 38.2. The fourth-order valence-electron chi connectivity index (χ4n) is 1.25. The summed E-state index contributed by atoms with van der Waals surface area (Å²) in [6.07, 6.45) is 0.488. The molecule has 1 heterocycles. The van der Waals surface area contributed by atoms with Crippen LogP contribution in [0.4, 0.5) is 0 Å². The first kappa shape index (κ1) is 10.0. The first-order valence-electron chi connectivity index (χ1n) is 4.84. The van der Waals surface area contributed by atoms with Gasteiger partial charge in [0.25, 0.3) is 0 Å². The molecule has 1 fully saturated rings. The summed E-state index contributed by atoms with van der Waals surface area (Å²) in [5, 5.41) is 0. The molecule has 0 radical (unpaired) electrons. The monoisotopic (exact) mass is 172 g/mol. The smallest absolute Gasteiger partial charge is 0.0806 e. The average molecular weight is 172 g/mol. The van der Waals surface area contributed by atoms with Crippen LogP contribution >= 0.6 is 0 Å². The molecular weight excluding hydrogens is 152 g/mol. The van der Waals surface area contributed by atoms with Gasteiger partial charge in [0.15, 0.2) is 0 Å². The van der Waals surface area contributed by atoms with E-state index in [2.05, 4.69) is 27.7 Å². The van der Waals surface area contributed by atoms with Gasteiger partial charge in [0, 0.05) is 5.92 Å². The molecule has 2 nitrogen and oxygen atoms in total. The zero-order chi connectivity index (χ0) is 9.14. The molecule has 0 amide bonds. The van der Waals surface area contributed by atoms with E-state index in [0.717, 1.165) is 13.2 Å². The largest absolute Gasteiger partial charge is 0.375 e. The fourth-order valence-corrected chi connectivity index (χ4v) is 1.25. The van der Waals surface area contributed by atoms with Crippen molar-refractivity contribution < 1.29 is 9.47 Å². The molecule has 0 aromatic carbocycles. The molecule has 2 heteroatoms. The van der Waals surface area contributed by atoms with Crippen molar-refractivity contribution in [2.45, 2.75) is 39.9 Å². The van der Waals surface area contributed by atoms with Crippen molar-refractivity contribution in [2.24, 2.45) is 11.8 Å². The van der Waals surface area contributed by atoms with E-state index in [1.807, 2.05) is 0 Å². The van der Waals surface area contributed by atoms with Gasteiger partial charge in [-0.2, -0.15) is 0 Å². The third-order valence-electron chi connectivity index (χ3n) is 2.75. The third-order valence-corrected chi connectivity index (χ3v) is 2.75. The molecule has 0 aromatic rings. The second-order valence-corrected chi connectivity index (χ2v) is 4.08. The Hall–Kier alpha value is -0.0800. The number of hydrogen-bond donors (Lipinski definition) is 0. The van der Waals surface area contributed by atoms with Gasteiger partial charge in [-0.25, -0.2) is 0 Å². The van der Waals surface area contributed by atoms with Gasteiger partial charge in [-0.3, -0.25) is 0 Å². The number of ether oxygens (including phenoxy) is 2. The lowest BCUT2D eigenvalue weighted by atomic mass is 9.98. The quantitative estimate of drug-likeness (QED) is 0.603. The zero-order valence-corrected chi connectivity index (χ0v) is 8.54. The highest BCUT2D eigenvalue weighted by atomic mass is 16.5. The predicted octanol–water partition coefficient (Wildman–Crippen LogP) is 2.08. The molecule has 0 bridgehead atoms. The Morgan fingerprint density at radius 3 is 1.75 bits per heavy atom. The second-order valence-electron chi connectivity index (χ2n) is 4.08. The van der Waals surface area contributed by atoms with Crippen LogP contribution in [0.1, 0.15) is 27.7 Å². The minimum Gasteiger partial charge on any atom is -0.375 e. The summed E-state index contributed by atoms with van der Waals surface area (Å²) in [6.45, 7) is 10.3. The van der Waals surface area contributed by atoms with E-state index in [4.69, 9.17) is 9.47 Å². The van der Waals surface area contributed by atoms with Gasteiger partial charge in [0.2, 0.25) is 0 Å². The summed E-state index contributed by atoms with van der Waals surface area (Å²) in [6, 6.07) is 0. The Kier molecular flexibility index (Phi) is 3.53. The molecule has 0 aliphatic carbocycles. The van der Waals surface area contributed by atoms with Crippen LogP contribution in [-0.4, -0.2) is 25.4 Å². The maximum atomic E-state index is 5.66. The molecule has 1 aliphatic rings. The van der Waals surface area contributed by atoms with E-state index in [1.54, 1.807) is 0 Å². The van der Waals surface area contributed by atoms with Crippen molar-refractivity contribution in [1.82, 2.24) is 0 Å². The molecule has 12 heavy (non-hydrogen) atoms. The van der Waals surface area contributed by atoms with Gasteiger partial charge in [-0.15, -0.1) is 0 Å². The molecule has 2 atom stereocenters. The zero-order valence-electron chi connectivity index (χ0n) is 8.54. The fraction of sp³-hybridized carbons (Fsp3) is 1.00. The molecule has 0 spiro atoms. The van der Waals surface area contributed by atoms with E-state index in [-0.39, 0.29) is 12.2 Å². The van der Waals surface area contributed by atoms with Crippen molar-refractivity contribution >= 4 is 0 Å². The lowest BCUT2D eigenvalue weighted by Crippen LogP contribution is -2.23. The van der Waals surface area contributed by atoms with Crippen molar-refractivity contribution in [1.29, 1.82) is 0 Å².